The Morgan fingerprint density at radius 2 is 1.81 bits per heavy atom. The van der Waals surface area contributed by atoms with Crippen molar-refractivity contribution >= 4 is 23.4 Å². The van der Waals surface area contributed by atoms with Crippen LogP contribution in [0.5, 0.6) is 5.75 Å². The Balaban J connectivity index is 1.72. The summed E-state index contributed by atoms with van der Waals surface area (Å²) >= 11 is 6.29. The average molecular weight is 447 g/mol. The summed E-state index contributed by atoms with van der Waals surface area (Å²) in [6, 6.07) is 12.5. The van der Waals surface area contributed by atoms with Crippen molar-refractivity contribution in [1.82, 2.24) is 10.2 Å². The molecule has 0 saturated heterocycles. The van der Waals surface area contributed by atoms with Gasteiger partial charge in [0.2, 0.25) is 5.91 Å². The Morgan fingerprint density at radius 3 is 2.52 bits per heavy atom. The molecule has 31 heavy (non-hydrogen) atoms. The van der Waals surface area contributed by atoms with Crippen LogP contribution in [-0.4, -0.2) is 35.4 Å². The maximum Gasteiger partial charge on any atom is 0.261 e. The summed E-state index contributed by atoms with van der Waals surface area (Å²) in [4.78, 5) is 27.4. The second-order valence-corrected chi connectivity index (χ2v) is 8.26. The predicted molar refractivity (Wildman–Crippen MR) is 118 cm³/mol. The number of hydrogen-bond acceptors (Lipinski definition) is 3. The van der Waals surface area contributed by atoms with Crippen molar-refractivity contribution in [1.29, 1.82) is 0 Å². The summed E-state index contributed by atoms with van der Waals surface area (Å²) in [6.45, 7) is 1.46. The van der Waals surface area contributed by atoms with E-state index < -0.39 is 17.8 Å². The second-order valence-electron chi connectivity index (χ2n) is 7.85. The van der Waals surface area contributed by atoms with Gasteiger partial charge < -0.3 is 15.0 Å². The third-order valence-corrected chi connectivity index (χ3v) is 5.97. The lowest BCUT2D eigenvalue weighted by Gasteiger charge is -2.31. The smallest absolute Gasteiger partial charge is 0.261 e. The first kappa shape index (κ1) is 23.1. The van der Waals surface area contributed by atoms with Crippen LogP contribution in [0.25, 0.3) is 0 Å². The predicted octanol–water partition coefficient (Wildman–Crippen LogP) is 4.72. The molecule has 0 aliphatic heterocycles. The van der Waals surface area contributed by atoms with E-state index in [0.29, 0.717) is 5.02 Å². The highest BCUT2D eigenvalue weighted by Crippen LogP contribution is 2.21. The lowest BCUT2D eigenvalue weighted by Crippen LogP contribution is -2.51. The fourth-order valence-corrected chi connectivity index (χ4v) is 3.94. The van der Waals surface area contributed by atoms with Gasteiger partial charge in [-0.2, -0.15) is 0 Å². The van der Waals surface area contributed by atoms with E-state index in [9.17, 15) is 14.0 Å². The van der Waals surface area contributed by atoms with E-state index >= 15 is 0 Å². The third-order valence-electron chi connectivity index (χ3n) is 5.61. The van der Waals surface area contributed by atoms with Gasteiger partial charge >= 0.3 is 0 Å². The molecule has 5 nitrogen and oxygen atoms in total. The van der Waals surface area contributed by atoms with E-state index in [1.807, 2.05) is 12.1 Å². The molecule has 1 atom stereocenters. The number of hydrogen-bond donors (Lipinski definition) is 1. The van der Waals surface area contributed by atoms with Gasteiger partial charge in [0.1, 0.15) is 6.04 Å². The summed E-state index contributed by atoms with van der Waals surface area (Å²) in [5, 5.41) is 3.58. The summed E-state index contributed by atoms with van der Waals surface area (Å²) in [5.41, 5.74) is 0.723. The van der Waals surface area contributed by atoms with Crippen molar-refractivity contribution in [3.8, 4) is 5.75 Å². The van der Waals surface area contributed by atoms with Crippen LogP contribution in [0.4, 0.5) is 4.39 Å². The molecule has 3 rings (SSSR count). The van der Waals surface area contributed by atoms with Crippen LogP contribution in [0.15, 0.2) is 48.5 Å². The number of carbonyl (C=O) groups excluding carboxylic acids is 2. The molecule has 2 amide bonds. The molecule has 0 bridgehead atoms. The molecule has 0 spiro atoms. The number of amides is 2. The number of carbonyl (C=O) groups is 2. The topological polar surface area (TPSA) is 58.6 Å². The Bertz CT molecular complexity index is 902. The first-order chi connectivity index (χ1) is 15.0. The Morgan fingerprint density at radius 1 is 1.13 bits per heavy atom. The van der Waals surface area contributed by atoms with Gasteiger partial charge in [0.15, 0.2) is 18.2 Å². The zero-order valence-corrected chi connectivity index (χ0v) is 18.4. The van der Waals surface area contributed by atoms with Crippen molar-refractivity contribution in [2.24, 2.45) is 0 Å². The first-order valence-corrected chi connectivity index (χ1v) is 11.0. The zero-order valence-electron chi connectivity index (χ0n) is 17.7. The standard InChI is InChI=1S/C24H28ClFN2O3/c1-17(24(30)27-19-10-3-2-4-11-19)28(15-18-9-5-6-12-20(18)25)23(29)16-31-22-14-8-7-13-21(22)26/h5-9,12-14,17,19H,2-4,10-11,15-16H2,1H3,(H,27,30). The number of benzene rings is 2. The first-order valence-electron chi connectivity index (χ1n) is 10.7. The van der Waals surface area contributed by atoms with Crippen LogP contribution in [0.3, 0.4) is 0 Å². The minimum absolute atomic E-state index is 0.00662. The summed E-state index contributed by atoms with van der Waals surface area (Å²) in [7, 11) is 0. The highest BCUT2D eigenvalue weighted by molar-refractivity contribution is 6.31. The fourth-order valence-electron chi connectivity index (χ4n) is 3.75. The molecule has 2 aromatic rings. The molecule has 2 aromatic carbocycles. The normalized spacial score (nSPS) is 15.2. The highest BCUT2D eigenvalue weighted by Gasteiger charge is 2.29. The zero-order chi connectivity index (χ0) is 22.2. The quantitative estimate of drug-likeness (QED) is 0.638. The van der Waals surface area contributed by atoms with Crippen molar-refractivity contribution in [3.05, 3.63) is 64.9 Å². The number of halogens is 2. The molecule has 1 N–H and O–H groups in total. The molecule has 0 radical (unpaired) electrons. The van der Waals surface area contributed by atoms with Crippen LogP contribution in [0.1, 0.15) is 44.6 Å². The van der Waals surface area contributed by atoms with Gasteiger partial charge in [-0.25, -0.2) is 4.39 Å². The molecule has 0 aromatic heterocycles. The number of nitrogens with zero attached hydrogens (tertiary/aromatic N) is 1. The van der Waals surface area contributed by atoms with Crippen molar-refractivity contribution in [2.75, 3.05) is 6.61 Å². The van der Waals surface area contributed by atoms with E-state index in [0.717, 1.165) is 31.2 Å². The van der Waals surface area contributed by atoms with Gasteiger partial charge in [-0.15, -0.1) is 0 Å². The van der Waals surface area contributed by atoms with Crippen molar-refractivity contribution in [2.45, 2.75) is 57.7 Å². The van der Waals surface area contributed by atoms with E-state index in [1.165, 1.54) is 23.5 Å². The Kier molecular flexibility index (Phi) is 8.29. The molecule has 166 valence electrons. The van der Waals surface area contributed by atoms with Crippen LogP contribution in [-0.2, 0) is 16.1 Å². The Hall–Kier alpha value is -2.60. The van der Waals surface area contributed by atoms with Crippen LogP contribution < -0.4 is 10.1 Å². The van der Waals surface area contributed by atoms with E-state index in [-0.39, 0.29) is 30.9 Å². The van der Waals surface area contributed by atoms with Crippen LogP contribution >= 0.6 is 11.6 Å². The maximum atomic E-state index is 13.9. The van der Waals surface area contributed by atoms with Gasteiger partial charge in [-0.05, 0) is 43.5 Å². The molecule has 0 heterocycles. The number of ether oxygens (including phenoxy) is 1. The van der Waals surface area contributed by atoms with Crippen LogP contribution in [0, 0.1) is 5.82 Å². The minimum atomic E-state index is -0.727. The molecule has 1 fully saturated rings. The number of para-hydroxylation sites is 1. The van der Waals surface area contributed by atoms with Gasteiger partial charge in [-0.3, -0.25) is 9.59 Å². The molecule has 1 aliphatic rings. The van der Waals surface area contributed by atoms with Gasteiger partial charge in [0.25, 0.3) is 5.91 Å². The molecular weight excluding hydrogens is 419 g/mol. The van der Waals surface area contributed by atoms with Crippen LogP contribution in [0.2, 0.25) is 5.02 Å². The third kappa shape index (κ3) is 6.44. The lowest BCUT2D eigenvalue weighted by molar-refractivity contribution is -0.142. The largest absolute Gasteiger partial charge is 0.481 e. The molecule has 1 saturated carbocycles. The average Bonchev–Trinajstić information content (AvgIpc) is 2.78. The molecule has 7 heteroatoms. The second kappa shape index (κ2) is 11.1. The fraction of sp³-hybridized carbons (Fsp3) is 0.417. The molecular formula is C24H28ClFN2O3. The SMILES string of the molecule is CC(C(=O)NC1CCCCC1)N(Cc1ccccc1Cl)C(=O)COc1ccccc1F. The maximum absolute atomic E-state index is 13.9. The number of nitrogens with one attached hydrogen (secondary N) is 1. The minimum Gasteiger partial charge on any atom is -0.481 e. The lowest BCUT2D eigenvalue weighted by atomic mass is 9.95. The Labute approximate surface area is 187 Å². The monoisotopic (exact) mass is 446 g/mol. The van der Waals surface area contributed by atoms with E-state index in [4.69, 9.17) is 16.3 Å². The van der Waals surface area contributed by atoms with E-state index in [2.05, 4.69) is 5.32 Å². The highest BCUT2D eigenvalue weighted by atomic mass is 35.5. The number of rotatable bonds is 8. The van der Waals surface area contributed by atoms with Gasteiger partial charge in [0, 0.05) is 17.6 Å². The molecule has 1 aliphatic carbocycles. The summed E-state index contributed by atoms with van der Waals surface area (Å²) in [5.74, 6) is -1.18. The molecule has 1 unspecified atom stereocenters. The van der Waals surface area contributed by atoms with Crippen molar-refractivity contribution in [3.63, 3.8) is 0 Å². The van der Waals surface area contributed by atoms with Gasteiger partial charge in [0.05, 0.1) is 0 Å². The van der Waals surface area contributed by atoms with Gasteiger partial charge in [-0.1, -0.05) is 61.2 Å². The summed E-state index contributed by atoms with van der Waals surface area (Å²) < 4.78 is 19.3. The van der Waals surface area contributed by atoms with E-state index in [1.54, 1.807) is 31.2 Å². The summed E-state index contributed by atoms with van der Waals surface area (Å²) in [6.07, 6.45) is 5.28. The van der Waals surface area contributed by atoms with Crippen molar-refractivity contribution < 1.29 is 18.7 Å².